The lowest BCUT2D eigenvalue weighted by atomic mass is 9.88. The highest BCUT2D eigenvalue weighted by Crippen LogP contribution is 2.34. The Kier molecular flexibility index (Phi) is 8.33. The largest absolute Gasteiger partial charge is 0.394 e. The van der Waals surface area contributed by atoms with Crippen molar-refractivity contribution in [2.24, 2.45) is 0 Å². The van der Waals surface area contributed by atoms with Crippen LogP contribution in [-0.2, 0) is 11.2 Å². The highest BCUT2D eigenvalue weighted by Gasteiger charge is 2.44. The molecule has 1 aliphatic heterocycles. The maximum atomic E-state index is 10.4. The van der Waals surface area contributed by atoms with Gasteiger partial charge in [0, 0.05) is 0 Å². The van der Waals surface area contributed by atoms with Crippen molar-refractivity contribution in [3.05, 3.63) is 35.4 Å². The zero-order chi connectivity index (χ0) is 18.2. The summed E-state index contributed by atoms with van der Waals surface area (Å²) in [6, 6.07) is 7.74. The van der Waals surface area contributed by atoms with Gasteiger partial charge in [0.15, 0.2) is 0 Å². The molecule has 0 aromatic heterocycles. The molecule has 4 N–H and O–H groups in total. The summed E-state index contributed by atoms with van der Waals surface area (Å²) >= 11 is 0. The van der Waals surface area contributed by atoms with E-state index in [1.165, 1.54) is 32.1 Å². The number of ether oxygens (including phenoxy) is 1. The van der Waals surface area contributed by atoms with Gasteiger partial charge in [0.1, 0.15) is 30.5 Å². The van der Waals surface area contributed by atoms with Crippen molar-refractivity contribution >= 4 is 0 Å². The second kappa shape index (κ2) is 10.2. The van der Waals surface area contributed by atoms with Gasteiger partial charge in [-0.3, -0.25) is 0 Å². The van der Waals surface area contributed by atoms with E-state index >= 15 is 0 Å². The molecular formula is C20H32O5. The quantitative estimate of drug-likeness (QED) is 0.511. The van der Waals surface area contributed by atoms with Crippen LogP contribution in [0.4, 0.5) is 0 Å². The molecule has 0 aliphatic carbocycles. The number of aliphatic hydroxyl groups is 4. The van der Waals surface area contributed by atoms with E-state index in [-0.39, 0.29) is 0 Å². The lowest BCUT2D eigenvalue weighted by Gasteiger charge is -2.40. The fourth-order valence-corrected chi connectivity index (χ4v) is 3.49. The monoisotopic (exact) mass is 352 g/mol. The molecule has 5 nitrogen and oxygen atoms in total. The molecule has 1 unspecified atom stereocenters. The molecule has 0 spiro atoms. The molecule has 1 fully saturated rings. The maximum Gasteiger partial charge on any atom is 0.113 e. The van der Waals surface area contributed by atoms with Gasteiger partial charge in [0.2, 0.25) is 0 Å². The number of aliphatic hydroxyl groups excluding tert-OH is 4. The number of hydrogen-bond acceptors (Lipinski definition) is 5. The van der Waals surface area contributed by atoms with Gasteiger partial charge in [-0.25, -0.2) is 0 Å². The van der Waals surface area contributed by atoms with Crippen molar-refractivity contribution in [2.75, 3.05) is 6.61 Å². The lowest BCUT2D eigenvalue weighted by molar-refractivity contribution is -0.231. The molecule has 1 heterocycles. The molecule has 0 saturated carbocycles. The molecule has 0 bridgehead atoms. The van der Waals surface area contributed by atoms with Gasteiger partial charge in [-0.2, -0.15) is 0 Å². The fourth-order valence-electron chi connectivity index (χ4n) is 3.49. The van der Waals surface area contributed by atoms with Crippen LogP contribution in [0.1, 0.15) is 62.7 Å². The molecule has 0 radical (unpaired) electrons. The second-order valence-electron chi connectivity index (χ2n) is 6.97. The van der Waals surface area contributed by atoms with Crippen LogP contribution in [0.15, 0.2) is 24.3 Å². The second-order valence-corrected chi connectivity index (χ2v) is 6.97. The molecule has 0 amide bonds. The predicted molar refractivity (Wildman–Crippen MR) is 96.2 cm³/mol. The van der Waals surface area contributed by atoms with Gasteiger partial charge in [-0.05, 0) is 24.0 Å². The Morgan fingerprint density at radius 2 is 1.56 bits per heavy atom. The summed E-state index contributed by atoms with van der Waals surface area (Å²) in [5.74, 6) is 0. The highest BCUT2D eigenvalue weighted by molar-refractivity contribution is 5.31. The third-order valence-electron chi connectivity index (χ3n) is 5.05. The van der Waals surface area contributed by atoms with E-state index in [0.717, 1.165) is 24.0 Å². The van der Waals surface area contributed by atoms with Crippen LogP contribution in [0.2, 0.25) is 0 Å². The summed E-state index contributed by atoms with van der Waals surface area (Å²) in [6.45, 7) is 1.80. The van der Waals surface area contributed by atoms with Gasteiger partial charge in [0.05, 0.1) is 6.61 Å². The fraction of sp³-hybridized carbons (Fsp3) is 0.700. The Morgan fingerprint density at radius 3 is 2.28 bits per heavy atom. The molecule has 1 aliphatic rings. The zero-order valence-electron chi connectivity index (χ0n) is 15.1. The van der Waals surface area contributed by atoms with Gasteiger partial charge >= 0.3 is 0 Å². The van der Waals surface area contributed by atoms with Gasteiger partial charge in [-0.15, -0.1) is 0 Å². The lowest BCUT2D eigenvalue weighted by Crippen LogP contribution is -2.55. The van der Waals surface area contributed by atoms with Crippen LogP contribution >= 0.6 is 0 Å². The van der Waals surface area contributed by atoms with Crippen molar-refractivity contribution in [1.82, 2.24) is 0 Å². The summed E-state index contributed by atoms with van der Waals surface area (Å²) in [4.78, 5) is 0. The summed E-state index contributed by atoms with van der Waals surface area (Å²) < 4.78 is 5.71. The molecule has 142 valence electrons. The van der Waals surface area contributed by atoms with E-state index in [0.29, 0.717) is 0 Å². The molecule has 1 aromatic carbocycles. The third-order valence-corrected chi connectivity index (χ3v) is 5.05. The first kappa shape index (κ1) is 20.3. The van der Waals surface area contributed by atoms with Crippen LogP contribution in [0.3, 0.4) is 0 Å². The van der Waals surface area contributed by atoms with Gasteiger partial charge in [0.25, 0.3) is 0 Å². The Bertz CT molecular complexity index is 505. The van der Waals surface area contributed by atoms with Gasteiger partial charge in [-0.1, -0.05) is 63.3 Å². The Balaban J connectivity index is 2.03. The number of aryl methyl sites for hydroxylation is 1. The normalized spacial score (nSPS) is 29.7. The summed E-state index contributed by atoms with van der Waals surface area (Å²) in [6.07, 6.45) is 2.65. The van der Waals surface area contributed by atoms with Crippen LogP contribution in [0.25, 0.3) is 0 Å². The van der Waals surface area contributed by atoms with Crippen molar-refractivity contribution in [3.63, 3.8) is 0 Å². The number of unbranched alkanes of at least 4 members (excludes halogenated alkanes) is 5. The van der Waals surface area contributed by atoms with E-state index in [2.05, 4.69) is 6.92 Å². The number of rotatable bonds is 9. The molecular weight excluding hydrogens is 320 g/mol. The van der Waals surface area contributed by atoms with Crippen LogP contribution in [-0.4, -0.2) is 51.4 Å². The Labute approximate surface area is 150 Å². The molecule has 2 rings (SSSR count). The van der Waals surface area contributed by atoms with Crippen molar-refractivity contribution in [1.29, 1.82) is 0 Å². The molecule has 1 saturated heterocycles. The summed E-state index contributed by atoms with van der Waals surface area (Å²) in [7, 11) is 0. The van der Waals surface area contributed by atoms with E-state index in [1.54, 1.807) is 0 Å². The SMILES string of the molecule is CCCCCCCCc1ccccc1C1O[C@H](CO)[C@@H](O)[C@H](O)[C@@H]1O. The number of benzene rings is 1. The van der Waals surface area contributed by atoms with E-state index in [9.17, 15) is 20.4 Å². The third kappa shape index (κ3) is 5.25. The Hall–Kier alpha value is -0.980. The van der Waals surface area contributed by atoms with Crippen LogP contribution in [0.5, 0.6) is 0 Å². The molecule has 5 atom stereocenters. The van der Waals surface area contributed by atoms with E-state index in [4.69, 9.17) is 4.74 Å². The number of hydrogen-bond donors (Lipinski definition) is 4. The van der Waals surface area contributed by atoms with Crippen molar-refractivity contribution < 1.29 is 25.2 Å². The summed E-state index contributed by atoms with van der Waals surface area (Å²) in [5.41, 5.74) is 1.91. The average Bonchev–Trinajstić information content (AvgIpc) is 2.63. The Morgan fingerprint density at radius 1 is 0.880 bits per heavy atom. The zero-order valence-corrected chi connectivity index (χ0v) is 15.1. The molecule has 1 aromatic rings. The molecule has 25 heavy (non-hydrogen) atoms. The van der Waals surface area contributed by atoms with E-state index in [1.807, 2.05) is 24.3 Å². The first-order valence-corrected chi connectivity index (χ1v) is 9.48. The van der Waals surface area contributed by atoms with Crippen LogP contribution in [0, 0.1) is 0 Å². The minimum atomic E-state index is -1.34. The first-order valence-electron chi connectivity index (χ1n) is 9.48. The van der Waals surface area contributed by atoms with Crippen LogP contribution < -0.4 is 0 Å². The highest BCUT2D eigenvalue weighted by atomic mass is 16.5. The molecule has 5 heteroatoms. The standard InChI is InChI=1S/C20H32O5/c1-2-3-4-5-6-7-10-14-11-8-9-12-15(14)20-19(24)18(23)17(22)16(13-21)25-20/h8-9,11-12,16-24H,2-7,10,13H2,1H3/t16-,17-,18+,19+,20?/m1/s1. The van der Waals surface area contributed by atoms with Gasteiger partial charge < -0.3 is 25.2 Å². The summed E-state index contributed by atoms with van der Waals surface area (Å²) in [5, 5.41) is 39.7. The maximum absolute atomic E-state index is 10.4. The topological polar surface area (TPSA) is 90.2 Å². The van der Waals surface area contributed by atoms with Crippen molar-refractivity contribution in [3.8, 4) is 0 Å². The van der Waals surface area contributed by atoms with E-state index < -0.39 is 37.1 Å². The predicted octanol–water partition coefficient (Wildman–Crippen LogP) is 2.10. The smallest absolute Gasteiger partial charge is 0.113 e. The average molecular weight is 352 g/mol. The first-order chi connectivity index (χ1) is 12.1. The van der Waals surface area contributed by atoms with Crippen molar-refractivity contribution in [2.45, 2.75) is 82.4 Å². The minimum Gasteiger partial charge on any atom is -0.394 e. The minimum absolute atomic E-state index is 0.402.